The molecule has 1 saturated carbocycles. The number of piperidine rings is 1. The van der Waals surface area contributed by atoms with Crippen molar-refractivity contribution in [2.45, 2.75) is 63.1 Å². The van der Waals surface area contributed by atoms with Crippen LogP contribution in [0.1, 0.15) is 58.9 Å². The molecule has 5 rings (SSSR count). The maximum Gasteiger partial charge on any atom is 0.433 e. The van der Waals surface area contributed by atoms with Crippen LogP contribution in [-0.2, 0) is 33.6 Å². The first-order chi connectivity index (χ1) is 17.5. The number of alkyl carbamates (subject to hydrolysis) is 1. The van der Waals surface area contributed by atoms with E-state index in [0.717, 1.165) is 16.9 Å². The quantitative estimate of drug-likeness (QED) is 0.459. The highest BCUT2D eigenvalue weighted by Crippen LogP contribution is 2.39. The number of alkyl halides is 3. The van der Waals surface area contributed by atoms with Gasteiger partial charge in [0.25, 0.3) is 5.91 Å². The molecular formula is C23H21F4N5O5. The van der Waals surface area contributed by atoms with Gasteiger partial charge >= 0.3 is 12.3 Å². The molecule has 1 aromatic carbocycles. The maximum atomic E-state index is 15.2. The summed E-state index contributed by atoms with van der Waals surface area (Å²) < 4.78 is 60.3. The number of nitrogens with zero attached hydrogens (tertiary/aromatic N) is 3. The molecule has 0 radical (unpaired) electrons. The van der Waals surface area contributed by atoms with Crippen molar-refractivity contribution < 1.29 is 41.5 Å². The number of rotatable bonds is 5. The highest BCUT2D eigenvalue weighted by Gasteiger charge is 2.42. The Morgan fingerprint density at radius 2 is 1.95 bits per heavy atom. The highest BCUT2D eigenvalue weighted by molar-refractivity contribution is 6.05. The molecule has 1 atom stereocenters. The van der Waals surface area contributed by atoms with Gasteiger partial charge in [0.15, 0.2) is 0 Å². The molecule has 2 aliphatic heterocycles. The second-order valence-corrected chi connectivity index (χ2v) is 9.14. The van der Waals surface area contributed by atoms with Gasteiger partial charge in [0.2, 0.25) is 11.8 Å². The van der Waals surface area contributed by atoms with Crippen molar-refractivity contribution in [2.75, 3.05) is 0 Å². The molecule has 1 aromatic heterocycles. The predicted molar refractivity (Wildman–Crippen MR) is 115 cm³/mol. The summed E-state index contributed by atoms with van der Waals surface area (Å²) in [6, 6.07) is 2.38. The van der Waals surface area contributed by atoms with Crippen molar-refractivity contribution in [3.05, 3.63) is 52.6 Å². The molecule has 4 amide bonds. The lowest BCUT2D eigenvalue weighted by atomic mass is 9.89. The maximum absolute atomic E-state index is 15.2. The topological polar surface area (TPSA) is 123 Å². The number of carbonyl (C=O) groups excluding carboxylic acids is 4. The SMILES string of the molecule is O=C1CC[C@H](N2Cc3ccc(CNC(=O)OC4CC(n5nccc5C(F)(F)F)C4)c(F)c3C2=O)C(=O)N1. The third-order valence-corrected chi connectivity index (χ3v) is 6.78. The number of hydrogen-bond acceptors (Lipinski definition) is 6. The first-order valence-electron chi connectivity index (χ1n) is 11.5. The molecule has 37 heavy (non-hydrogen) atoms. The molecule has 2 N–H and O–H groups in total. The zero-order chi connectivity index (χ0) is 26.5. The molecule has 10 nitrogen and oxygen atoms in total. The number of amides is 4. The van der Waals surface area contributed by atoms with E-state index in [4.69, 9.17) is 4.74 Å². The first kappa shape index (κ1) is 24.7. The van der Waals surface area contributed by atoms with Crippen LogP contribution in [-0.4, -0.2) is 50.6 Å². The normalized spacial score (nSPS) is 23.4. The van der Waals surface area contributed by atoms with E-state index < -0.39 is 59.7 Å². The largest absolute Gasteiger partial charge is 0.446 e. The number of ether oxygens (including phenoxy) is 1. The van der Waals surface area contributed by atoms with Gasteiger partial charge in [-0.2, -0.15) is 18.3 Å². The van der Waals surface area contributed by atoms with Gasteiger partial charge in [0.05, 0.1) is 11.6 Å². The molecule has 1 saturated heterocycles. The molecule has 0 bridgehead atoms. The minimum Gasteiger partial charge on any atom is -0.446 e. The van der Waals surface area contributed by atoms with Gasteiger partial charge in [0, 0.05) is 44.1 Å². The fourth-order valence-corrected chi connectivity index (χ4v) is 4.81. The molecule has 2 aromatic rings. The summed E-state index contributed by atoms with van der Waals surface area (Å²) in [5, 5.41) is 8.27. The Labute approximate surface area is 206 Å². The summed E-state index contributed by atoms with van der Waals surface area (Å²) in [7, 11) is 0. The van der Waals surface area contributed by atoms with E-state index in [1.165, 1.54) is 17.0 Å². The molecule has 0 unspecified atom stereocenters. The van der Waals surface area contributed by atoms with Gasteiger partial charge < -0.3 is 15.0 Å². The van der Waals surface area contributed by atoms with Crippen LogP contribution in [0.4, 0.5) is 22.4 Å². The standard InChI is InChI=1S/C23H21F4N5O5/c24-19-11(1-2-12-10-31(21(35)18(12)19)15-3-4-17(33)30-20(15)34)9-28-22(36)37-14-7-13(8-14)32-16(5-6-29-32)23(25,26)27/h1-2,5-6,13-15H,3-4,7-10H2,(H,28,36)(H,30,33,34)/t13?,14?,15-/m0/s1. The zero-order valence-electron chi connectivity index (χ0n) is 19.2. The Morgan fingerprint density at radius 3 is 2.65 bits per heavy atom. The highest BCUT2D eigenvalue weighted by atomic mass is 19.4. The Morgan fingerprint density at radius 1 is 1.19 bits per heavy atom. The van der Waals surface area contributed by atoms with Crippen LogP contribution in [0, 0.1) is 5.82 Å². The molecule has 3 aliphatic rings. The van der Waals surface area contributed by atoms with E-state index in [9.17, 15) is 32.3 Å². The van der Waals surface area contributed by atoms with Gasteiger partial charge in [-0.05, 0) is 18.1 Å². The number of aromatic nitrogens is 2. The van der Waals surface area contributed by atoms with E-state index >= 15 is 4.39 Å². The van der Waals surface area contributed by atoms with Crippen molar-refractivity contribution in [3.63, 3.8) is 0 Å². The van der Waals surface area contributed by atoms with Crippen LogP contribution >= 0.6 is 0 Å². The monoisotopic (exact) mass is 523 g/mol. The Hall–Kier alpha value is -3.97. The van der Waals surface area contributed by atoms with Gasteiger partial charge in [-0.1, -0.05) is 12.1 Å². The number of imide groups is 1. The minimum absolute atomic E-state index is 0.0161. The molecule has 1 aliphatic carbocycles. The lowest BCUT2D eigenvalue weighted by Gasteiger charge is -2.35. The molecule has 14 heteroatoms. The van der Waals surface area contributed by atoms with Gasteiger partial charge in [0.1, 0.15) is 23.7 Å². The van der Waals surface area contributed by atoms with Crippen LogP contribution in [0.25, 0.3) is 0 Å². The van der Waals surface area contributed by atoms with E-state index in [1.807, 2.05) is 0 Å². The van der Waals surface area contributed by atoms with E-state index in [-0.39, 0.29) is 49.9 Å². The summed E-state index contributed by atoms with van der Waals surface area (Å²) in [4.78, 5) is 49.8. The second-order valence-electron chi connectivity index (χ2n) is 9.14. The summed E-state index contributed by atoms with van der Waals surface area (Å²) in [5.41, 5.74) is -0.667. The van der Waals surface area contributed by atoms with Gasteiger partial charge in [-0.25, -0.2) is 9.18 Å². The van der Waals surface area contributed by atoms with Crippen LogP contribution in [0.5, 0.6) is 0 Å². The smallest absolute Gasteiger partial charge is 0.433 e. The minimum atomic E-state index is -4.54. The lowest BCUT2D eigenvalue weighted by molar-refractivity contribution is -0.147. The summed E-state index contributed by atoms with van der Waals surface area (Å²) in [5.74, 6) is -2.55. The average molecular weight is 523 g/mol. The number of hydrogen-bond donors (Lipinski definition) is 2. The summed E-state index contributed by atoms with van der Waals surface area (Å²) >= 11 is 0. The zero-order valence-corrected chi connectivity index (χ0v) is 19.2. The lowest BCUT2D eigenvalue weighted by Crippen LogP contribution is -2.52. The Bertz CT molecular complexity index is 1290. The van der Waals surface area contributed by atoms with E-state index in [2.05, 4.69) is 15.7 Å². The van der Waals surface area contributed by atoms with Crippen molar-refractivity contribution in [1.82, 2.24) is 25.3 Å². The summed E-state index contributed by atoms with van der Waals surface area (Å²) in [6.45, 7) is -0.278. The number of carbonyl (C=O) groups is 4. The second kappa shape index (κ2) is 9.16. The number of nitrogens with one attached hydrogen (secondary N) is 2. The number of benzene rings is 1. The van der Waals surface area contributed by atoms with Gasteiger partial charge in [-0.3, -0.25) is 24.4 Å². The fraction of sp³-hybridized carbons (Fsp3) is 0.435. The molecule has 2 fully saturated rings. The molecule has 0 spiro atoms. The van der Waals surface area contributed by atoms with Crippen LogP contribution in [0.3, 0.4) is 0 Å². The van der Waals surface area contributed by atoms with Crippen molar-refractivity contribution >= 4 is 23.8 Å². The first-order valence-corrected chi connectivity index (χ1v) is 11.5. The third kappa shape index (κ3) is 4.62. The van der Waals surface area contributed by atoms with E-state index in [1.54, 1.807) is 0 Å². The van der Waals surface area contributed by atoms with Crippen LogP contribution in [0.15, 0.2) is 24.4 Å². The fourth-order valence-electron chi connectivity index (χ4n) is 4.81. The van der Waals surface area contributed by atoms with E-state index in [0.29, 0.717) is 5.56 Å². The predicted octanol–water partition coefficient (Wildman–Crippen LogP) is 2.43. The number of halogens is 4. The molecule has 3 heterocycles. The molecular weight excluding hydrogens is 502 g/mol. The van der Waals surface area contributed by atoms with Crippen molar-refractivity contribution in [3.8, 4) is 0 Å². The third-order valence-electron chi connectivity index (χ3n) is 6.78. The van der Waals surface area contributed by atoms with Crippen molar-refractivity contribution in [1.29, 1.82) is 0 Å². The molecule has 196 valence electrons. The van der Waals surface area contributed by atoms with Gasteiger partial charge in [-0.15, -0.1) is 0 Å². The Balaban J connectivity index is 1.15. The van der Waals surface area contributed by atoms with Crippen LogP contribution < -0.4 is 10.6 Å². The van der Waals surface area contributed by atoms with Crippen molar-refractivity contribution in [2.24, 2.45) is 0 Å². The number of fused-ring (bicyclic) bond motifs is 1. The summed E-state index contributed by atoms with van der Waals surface area (Å²) in [6.07, 6.45) is -4.47. The average Bonchev–Trinajstić information content (AvgIpc) is 3.41. The Kier molecular flexibility index (Phi) is 6.12. The van der Waals surface area contributed by atoms with Crippen LogP contribution in [0.2, 0.25) is 0 Å².